The van der Waals surface area contributed by atoms with Gasteiger partial charge in [0.2, 0.25) is 10.0 Å². The third-order valence-corrected chi connectivity index (χ3v) is 5.82. The number of halogens is 1. The van der Waals surface area contributed by atoms with Crippen LogP contribution in [0, 0.1) is 0 Å². The van der Waals surface area contributed by atoms with E-state index in [1.165, 1.54) is 25.3 Å². The average molecular weight is 376 g/mol. The molecule has 7 heteroatoms. The molecule has 118 valence electrons. The van der Waals surface area contributed by atoms with E-state index in [0.29, 0.717) is 11.0 Å². The summed E-state index contributed by atoms with van der Waals surface area (Å²) in [5, 5.41) is 0. The van der Waals surface area contributed by atoms with Gasteiger partial charge in [0.1, 0.15) is 4.90 Å². The van der Waals surface area contributed by atoms with Gasteiger partial charge in [0.25, 0.3) is 0 Å². The highest BCUT2D eigenvalue weighted by molar-refractivity contribution is 9.10. The molecule has 1 aliphatic rings. The van der Waals surface area contributed by atoms with Gasteiger partial charge in [0, 0.05) is 17.1 Å². The fourth-order valence-corrected chi connectivity index (χ4v) is 4.33. The lowest BCUT2D eigenvalue weighted by Crippen LogP contribution is -2.44. The van der Waals surface area contributed by atoms with E-state index in [-0.39, 0.29) is 16.6 Å². The van der Waals surface area contributed by atoms with E-state index in [2.05, 4.69) is 32.5 Å². The van der Waals surface area contributed by atoms with Crippen LogP contribution in [0.5, 0.6) is 0 Å². The predicted octanol–water partition coefficient (Wildman–Crippen LogP) is 2.18. The van der Waals surface area contributed by atoms with Crippen molar-refractivity contribution in [2.24, 2.45) is 0 Å². The molecule has 3 N–H and O–H groups in total. The Balaban J connectivity index is 2.02. The molecule has 5 nitrogen and oxygen atoms in total. The van der Waals surface area contributed by atoms with E-state index >= 15 is 0 Å². The fourth-order valence-electron chi connectivity index (χ4n) is 2.54. The SMILES string of the molecule is CC(CNS(=O)(=O)c1cc(Br)ccc1N)N1CCCCC1. The maximum Gasteiger partial charge on any atom is 0.242 e. The second-order valence-electron chi connectivity index (χ2n) is 5.48. The number of piperidine rings is 1. The number of nitrogen functional groups attached to an aromatic ring is 1. The van der Waals surface area contributed by atoms with Crippen molar-refractivity contribution in [2.45, 2.75) is 37.1 Å². The van der Waals surface area contributed by atoms with Crippen LogP contribution in [0.1, 0.15) is 26.2 Å². The van der Waals surface area contributed by atoms with E-state index in [1.54, 1.807) is 12.1 Å². The Morgan fingerprint density at radius 1 is 1.33 bits per heavy atom. The van der Waals surface area contributed by atoms with Crippen molar-refractivity contribution >= 4 is 31.6 Å². The van der Waals surface area contributed by atoms with Gasteiger partial charge in [-0.15, -0.1) is 0 Å². The Morgan fingerprint density at radius 3 is 2.67 bits per heavy atom. The highest BCUT2D eigenvalue weighted by Crippen LogP contribution is 2.23. The molecular weight excluding hydrogens is 354 g/mol. The van der Waals surface area contributed by atoms with Crippen LogP contribution in [0.3, 0.4) is 0 Å². The zero-order chi connectivity index (χ0) is 15.5. The van der Waals surface area contributed by atoms with Crippen molar-refractivity contribution in [1.82, 2.24) is 9.62 Å². The normalized spacial score (nSPS) is 18.6. The third-order valence-electron chi connectivity index (χ3n) is 3.85. The van der Waals surface area contributed by atoms with Crippen LogP contribution >= 0.6 is 15.9 Å². The average Bonchev–Trinajstić information content (AvgIpc) is 2.48. The quantitative estimate of drug-likeness (QED) is 0.773. The Hall–Kier alpha value is -0.630. The van der Waals surface area contributed by atoms with Gasteiger partial charge in [-0.25, -0.2) is 13.1 Å². The third kappa shape index (κ3) is 4.42. The lowest BCUT2D eigenvalue weighted by molar-refractivity contribution is 0.175. The number of likely N-dealkylation sites (tertiary alicyclic amines) is 1. The van der Waals surface area contributed by atoms with Crippen LogP contribution in [0.25, 0.3) is 0 Å². The minimum Gasteiger partial charge on any atom is -0.398 e. The van der Waals surface area contributed by atoms with Gasteiger partial charge in [-0.3, -0.25) is 4.90 Å². The van der Waals surface area contributed by atoms with Crippen molar-refractivity contribution in [2.75, 3.05) is 25.4 Å². The lowest BCUT2D eigenvalue weighted by atomic mass is 10.1. The first kappa shape index (κ1) is 16.7. The van der Waals surface area contributed by atoms with Crippen molar-refractivity contribution in [3.63, 3.8) is 0 Å². The minimum atomic E-state index is -3.58. The first-order chi connectivity index (χ1) is 9.90. The van der Waals surface area contributed by atoms with Gasteiger partial charge in [0.05, 0.1) is 5.69 Å². The zero-order valence-corrected chi connectivity index (χ0v) is 14.6. The predicted molar refractivity (Wildman–Crippen MR) is 88.6 cm³/mol. The van der Waals surface area contributed by atoms with E-state index in [1.807, 2.05) is 0 Å². The Kier molecular flexibility index (Phi) is 5.65. The largest absolute Gasteiger partial charge is 0.398 e. The van der Waals surface area contributed by atoms with Gasteiger partial charge < -0.3 is 5.73 Å². The van der Waals surface area contributed by atoms with Crippen LogP contribution in [-0.2, 0) is 10.0 Å². The molecule has 0 saturated carbocycles. The molecule has 21 heavy (non-hydrogen) atoms. The summed E-state index contributed by atoms with van der Waals surface area (Å²) in [6.07, 6.45) is 3.65. The molecule has 0 spiro atoms. The number of rotatable bonds is 5. The number of nitrogens with two attached hydrogens (primary N) is 1. The lowest BCUT2D eigenvalue weighted by Gasteiger charge is -2.32. The Bertz CT molecular complexity index is 586. The molecule has 1 saturated heterocycles. The second kappa shape index (κ2) is 7.09. The number of benzene rings is 1. The van der Waals surface area contributed by atoms with E-state index in [9.17, 15) is 8.42 Å². The molecule has 1 unspecified atom stereocenters. The minimum absolute atomic E-state index is 0.128. The highest BCUT2D eigenvalue weighted by atomic mass is 79.9. The maximum absolute atomic E-state index is 12.4. The van der Waals surface area contributed by atoms with Gasteiger partial charge >= 0.3 is 0 Å². The molecule has 0 bridgehead atoms. The number of sulfonamides is 1. The summed E-state index contributed by atoms with van der Waals surface area (Å²) in [4.78, 5) is 2.46. The van der Waals surface area contributed by atoms with Crippen LogP contribution < -0.4 is 10.5 Å². The second-order valence-corrected chi connectivity index (χ2v) is 8.13. The Labute approximate surface area is 135 Å². The molecule has 1 aromatic carbocycles. The monoisotopic (exact) mass is 375 g/mol. The van der Waals surface area contributed by atoms with Crippen LogP contribution in [0.2, 0.25) is 0 Å². The molecule has 1 aromatic rings. The van der Waals surface area contributed by atoms with Crippen LogP contribution in [-0.4, -0.2) is 39.0 Å². The van der Waals surface area contributed by atoms with Crippen LogP contribution in [0.4, 0.5) is 5.69 Å². The molecule has 1 atom stereocenters. The zero-order valence-electron chi connectivity index (χ0n) is 12.2. The van der Waals surface area contributed by atoms with E-state index < -0.39 is 10.0 Å². The van der Waals surface area contributed by atoms with Crippen molar-refractivity contribution < 1.29 is 8.42 Å². The molecule has 0 aliphatic carbocycles. The smallest absolute Gasteiger partial charge is 0.242 e. The molecule has 0 aromatic heterocycles. The number of nitrogens with zero attached hydrogens (tertiary/aromatic N) is 1. The summed E-state index contributed by atoms with van der Waals surface area (Å²) in [7, 11) is -3.58. The molecule has 2 rings (SSSR count). The number of anilines is 1. The molecular formula is C14H22BrN3O2S. The summed E-state index contributed by atoms with van der Waals surface area (Å²) in [6, 6.07) is 5.04. The molecule has 1 heterocycles. The molecule has 0 radical (unpaired) electrons. The maximum atomic E-state index is 12.4. The van der Waals surface area contributed by atoms with Crippen molar-refractivity contribution in [3.05, 3.63) is 22.7 Å². The molecule has 1 aliphatic heterocycles. The summed E-state index contributed by atoms with van der Waals surface area (Å²) in [5.41, 5.74) is 6.03. The van der Waals surface area contributed by atoms with Gasteiger partial charge in [0.15, 0.2) is 0 Å². The topological polar surface area (TPSA) is 75.4 Å². The fraction of sp³-hybridized carbons (Fsp3) is 0.571. The first-order valence-corrected chi connectivity index (χ1v) is 9.46. The molecule has 1 fully saturated rings. The van der Waals surface area contributed by atoms with E-state index in [0.717, 1.165) is 13.1 Å². The number of hydrogen-bond donors (Lipinski definition) is 2. The summed E-state index contributed by atoms with van der Waals surface area (Å²) in [6.45, 7) is 4.54. The standard InChI is InChI=1S/C14H22BrN3O2S/c1-11(18-7-3-2-4-8-18)10-17-21(19,20)14-9-12(15)5-6-13(14)16/h5-6,9,11,17H,2-4,7-8,10,16H2,1H3. The van der Waals surface area contributed by atoms with Gasteiger partial charge in [-0.2, -0.15) is 0 Å². The van der Waals surface area contributed by atoms with Crippen molar-refractivity contribution in [3.8, 4) is 0 Å². The van der Waals surface area contributed by atoms with Crippen LogP contribution in [0.15, 0.2) is 27.6 Å². The number of hydrogen-bond acceptors (Lipinski definition) is 4. The van der Waals surface area contributed by atoms with Gasteiger partial charge in [-0.05, 0) is 51.1 Å². The highest BCUT2D eigenvalue weighted by Gasteiger charge is 2.21. The Morgan fingerprint density at radius 2 is 2.00 bits per heavy atom. The summed E-state index contributed by atoms with van der Waals surface area (Å²) in [5.74, 6) is 0. The van der Waals surface area contributed by atoms with E-state index in [4.69, 9.17) is 5.73 Å². The summed E-state index contributed by atoms with van der Waals surface area (Å²) >= 11 is 3.28. The summed E-state index contributed by atoms with van der Waals surface area (Å²) < 4.78 is 28.1. The van der Waals surface area contributed by atoms with Gasteiger partial charge in [-0.1, -0.05) is 22.4 Å². The number of nitrogens with one attached hydrogen (secondary N) is 1. The van der Waals surface area contributed by atoms with Crippen molar-refractivity contribution in [1.29, 1.82) is 0 Å². The molecule has 0 amide bonds. The first-order valence-electron chi connectivity index (χ1n) is 7.19.